The van der Waals surface area contributed by atoms with E-state index in [0.717, 1.165) is 13.1 Å². The van der Waals surface area contributed by atoms with E-state index in [1.165, 1.54) is 77.0 Å². The van der Waals surface area contributed by atoms with Crippen molar-refractivity contribution in [3.05, 3.63) is 12.2 Å². The summed E-state index contributed by atoms with van der Waals surface area (Å²) in [6, 6.07) is 0. The minimum absolute atomic E-state index is 1.09. The average molecular weight is 268 g/mol. The van der Waals surface area contributed by atoms with E-state index >= 15 is 0 Å². The van der Waals surface area contributed by atoms with E-state index in [1.54, 1.807) is 0 Å². The van der Waals surface area contributed by atoms with Gasteiger partial charge in [0.15, 0.2) is 0 Å². The molecular weight excluding hydrogens is 230 g/mol. The summed E-state index contributed by atoms with van der Waals surface area (Å²) < 4.78 is 0. The molecule has 0 aliphatic heterocycles. The van der Waals surface area contributed by atoms with E-state index in [0.29, 0.717) is 0 Å². The highest BCUT2D eigenvalue weighted by atomic mass is 14.8. The fraction of sp³-hybridized carbons (Fsp3) is 0.889. The number of allylic oxidation sites excluding steroid dienone is 1. The topological polar surface area (TPSA) is 12.0 Å². The van der Waals surface area contributed by atoms with Crippen LogP contribution in [0.2, 0.25) is 0 Å². The zero-order chi connectivity index (χ0) is 14.0. The highest BCUT2D eigenvalue weighted by molar-refractivity contribution is 4.81. The molecule has 19 heavy (non-hydrogen) atoms. The Kier molecular flexibility index (Phi) is 17.4. The third-order valence-electron chi connectivity index (χ3n) is 3.63. The molecule has 0 heterocycles. The second-order valence-corrected chi connectivity index (χ2v) is 5.58. The quantitative estimate of drug-likeness (QED) is 0.290. The lowest BCUT2D eigenvalue weighted by Crippen LogP contribution is -2.12. The van der Waals surface area contributed by atoms with Crippen molar-refractivity contribution >= 4 is 0 Å². The van der Waals surface area contributed by atoms with Gasteiger partial charge in [-0.1, -0.05) is 83.8 Å². The molecule has 1 heteroatoms. The third-order valence-corrected chi connectivity index (χ3v) is 3.63. The minimum Gasteiger partial charge on any atom is -0.317 e. The van der Waals surface area contributed by atoms with Crippen LogP contribution in [0.4, 0.5) is 0 Å². The van der Waals surface area contributed by atoms with Crippen LogP contribution in [0.1, 0.15) is 90.9 Å². The Morgan fingerprint density at radius 3 is 1.74 bits per heavy atom. The lowest BCUT2D eigenvalue weighted by Gasteiger charge is -2.01. The SMILES string of the molecule is CCCCCCCCCCCCC=CCCNCC. The standard InChI is InChI=1S/C18H37N/c1-3-5-6-7-8-9-10-11-12-13-14-15-16-17-18-19-4-2/h15-16,19H,3-14,17-18H2,1-2H3. The molecule has 1 nitrogen and oxygen atoms in total. The summed E-state index contributed by atoms with van der Waals surface area (Å²) >= 11 is 0. The predicted octanol–water partition coefficient (Wildman–Crippen LogP) is 5.85. The van der Waals surface area contributed by atoms with Crippen molar-refractivity contribution in [2.75, 3.05) is 13.1 Å². The van der Waals surface area contributed by atoms with E-state index in [-0.39, 0.29) is 0 Å². The Balaban J connectivity index is 2.98. The number of hydrogen-bond donors (Lipinski definition) is 1. The van der Waals surface area contributed by atoms with Gasteiger partial charge in [-0.3, -0.25) is 0 Å². The number of rotatable bonds is 15. The molecule has 0 bridgehead atoms. The van der Waals surface area contributed by atoms with Crippen LogP contribution >= 0.6 is 0 Å². The van der Waals surface area contributed by atoms with Gasteiger partial charge in [0.05, 0.1) is 0 Å². The summed E-state index contributed by atoms with van der Waals surface area (Å²) in [5.74, 6) is 0. The minimum atomic E-state index is 1.09. The molecule has 0 spiro atoms. The molecule has 0 aromatic heterocycles. The predicted molar refractivity (Wildman–Crippen MR) is 88.8 cm³/mol. The highest BCUT2D eigenvalue weighted by Crippen LogP contribution is 2.11. The molecule has 0 aromatic rings. The van der Waals surface area contributed by atoms with Crippen LogP contribution in [0, 0.1) is 0 Å². The first-order valence-electron chi connectivity index (χ1n) is 8.77. The van der Waals surface area contributed by atoms with Gasteiger partial charge >= 0.3 is 0 Å². The lowest BCUT2D eigenvalue weighted by molar-refractivity contribution is 0.557. The van der Waals surface area contributed by atoms with Crippen molar-refractivity contribution in [3.63, 3.8) is 0 Å². The first-order valence-corrected chi connectivity index (χ1v) is 8.77. The van der Waals surface area contributed by atoms with Crippen molar-refractivity contribution in [3.8, 4) is 0 Å². The fourth-order valence-electron chi connectivity index (χ4n) is 2.35. The first-order chi connectivity index (χ1) is 9.41. The molecule has 1 N–H and O–H groups in total. The summed E-state index contributed by atoms with van der Waals surface area (Å²) in [6.07, 6.45) is 21.5. The maximum absolute atomic E-state index is 3.34. The lowest BCUT2D eigenvalue weighted by atomic mass is 10.1. The molecule has 0 atom stereocenters. The summed E-state index contributed by atoms with van der Waals surface area (Å²) in [7, 11) is 0. The van der Waals surface area contributed by atoms with Crippen LogP contribution in [0.5, 0.6) is 0 Å². The van der Waals surface area contributed by atoms with Crippen LogP contribution in [-0.4, -0.2) is 13.1 Å². The Morgan fingerprint density at radius 1 is 0.632 bits per heavy atom. The van der Waals surface area contributed by atoms with Crippen LogP contribution in [0.15, 0.2) is 12.2 Å². The van der Waals surface area contributed by atoms with E-state index < -0.39 is 0 Å². The molecule has 0 amide bonds. The van der Waals surface area contributed by atoms with Gasteiger partial charge in [-0.2, -0.15) is 0 Å². The molecule has 0 saturated heterocycles. The third kappa shape index (κ3) is 17.7. The van der Waals surface area contributed by atoms with Crippen molar-refractivity contribution in [2.45, 2.75) is 90.9 Å². The van der Waals surface area contributed by atoms with Gasteiger partial charge in [0.25, 0.3) is 0 Å². The Bertz CT molecular complexity index is 175. The van der Waals surface area contributed by atoms with Gasteiger partial charge in [0.1, 0.15) is 0 Å². The van der Waals surface area contributed by atoms with Crippen molar-refractivity contribution in [2.24, 2.45) is 0 Å². The van der Waals surface area contributed by atoms with Gasteiger partial charge < -0.3 is 5.32 Å². The normalized spacial score (nSPS) is 11.5. The first kappa shape index (κ1) is 18.7. The molecule has 0 saturated carbocycles. The zero-order valence-electron chi connectivity index (χ0n) is 13.6. The van der Waals surface area contributed by atoms with E-state index in [4.69, 9.17) is 0 Å². The van der Waals surface area contributed by atoms with Gasteiger partial charge in [-0.05, 0) is 32.4 Å². The maximum atomic E-state index is 3.34. The van der Waals surface area contributed by atoms with Gasteiger partial charge in [-0.15, -0.1) is 0 Å². The average Bonchev–Trinajstić information content (AvgIpc) is 2.43. The van der Waals surface area contributed by atoms with Crippen molar-refractivity contribution in [1.29, 1.82) is 0 Å². The second-order valence-electron chi connectivity index (χ2n) is 5.58. The molecule has 0 aliphatic rings. The number of nitrogens with one attached hydrogen (secondary N) is 1. The van der Waals surface area contributed by atoms with Crippen LogP contribution in [0.3, 0.4) is 0 Å². The fourth-order valence-corrected chi connectivity index (χ4v) is 2.35. The summed E-state index contributed by atoms with van der Waals surface area (Å²) in [4.78, 5) is 0. The Labute approximate surface area is 122 Å². The molecule has 0 aliphatic carbocycles. The monoisotopic (exact) mass is 267 g/mol. The summed E-state index contributed by atoms with van der Waals surface area (Å²) in [5, 5.41) is 3.34. The van der Waals surface area contributed by atoms with Crippen molar-refractivity contribution in [1.82, 2.24) is 5.32 Å². The zero-order valence-corrected chi connectivity index (χ0v) is 13.6. The van der Waals surface area contributed by atoms with Crippen LogP contribution in [-0.2, 0) is 0 Å². The molecule has 0 fully saturated rings. The Morgan fingerprint density at radius 2 is 1.16 bits per heavy atom. The van der Waals surface area contributed by atoms with E-state index in [2.05, 4.69) is 31.3 Å². The largest absolute Gasteiger partial charge is 0.317 e. The number of hydrogen-bond acceptors (Lipinski definition) is 1. The highest BCUT2D eigenvalue weighted by Gasteiger charge is 1.91. The molecular formula is C18H37N. The summed E-state index contributed by atoms with van der Waals surface area (Å²) in [6.45, 7) is 6.67. The van der Waals surface area contributed by atoms with Gasteiger partial charge in [-0.25, -0.2) is 0 Å². The second kappa shape index (κ2) is 17.7. The van der Waals surface area contributed by atoms with E-state index in [1.807, 2.05) is 0 Å². The van der Waals surface area contributed by atoms with Crippen molar-refractivity contribution < 1.29 is 0 Å². The number of unbranched alkanes of at least 4 members (excludes halogenated alkanes) is 10. The molecule has 0 radical (unpaired) electrons. The summed E-state index contributed by atoms with van der Waals surface area (Å²) in [5.41, 5.74) is 0. The van der Waals surface area contributed by atoms with Gasteiger partial charge in [0.2, 0.25) is 0 Å². The maximum Gasteiger partial charge on any atom is -0.00144 e. The molecule has 114 valence electrons. The van der Waals surface area contributed by atoms with Gasteiger partial charge in [0, 0.05) is 0 Å². The smallest absolute Gasteiger partial charge is 0.00144 e. The Hall–Kier alpha value is -0.300. The van der Waals surface area contributed by atoms with E-state index in [9.17, 15) is 0 Å². The molecule has 0 rings (SSSR count). The molecule has 0 unspecified atom stereocenters. The van der Waals surface area contributed by atoms with Crippen LogP contribution in [0.25, 0.3) is 0 Å². The molecule has 0 aromatic carbocycles. The van der Waals surface area contributed by atoms with Crippen LogP contribution < -0.4 is 5.32 Å².